The van der Waals surface area contributed by atoms with Crippen LogP contribution in [0.15, 0.2) is 36.7 Å². The highest BCUT2D eigenvalue weighted by Gasteiger charge is 2.06. The predicted octanol–water partition coefficient (Wildman–Crippen LogP) is 3.35. The molecule has 4 heteroatoms. The third-order valence-corrected chi connectivity index (χ3v) is 2.40. The average Bonchev–Trinajstić information content (AvgIpc) is 2.31. The molecule has 0 saturated carbocycles. The second-order valence-electron chi connectivity index (χ2n) is 4.55. The second-order valence-corrected chi connectivity index (χ2v) is 4.55. The number of rotatable bonds is 4. The van der Waals surface area contributed by atoms with E-state index in [0.29, 0.717) is 6.04 Å². The van der Waals surface area contributed by atoms with Gasteiger partial charge < -0.3 is 10.6 Å². The summed E-state index contributed by atoms with van der Waals surface area (Å²) in [7, 11) is 0. The Hall–Kier alpha value is -2.10. The highest BCUT2D eigenvalue weighted by molar-refractivity contribution is 5.67. The highest BCUT2D eigenvalue weighted by atomic mass is 15.1. The van der Waals surface area contributed by atoms with Gasteiger partial charge in [-0.2, -0.15) is 0 Å². The summed E-state index contributed by atoms with van der Waals surface area (Å²) >= 11 is 0. The molecule has 0 aliphatic carbocycles. The van der Waals surface area contributed by atoms with Crippen molar-refractivity contribution in [2.45, 2.75) is 26.8 Å². The molecule has 0 amide bonds. The molecule has 2 N–H and O–H groups in total. The quantitative estimate of drug-likeness (QED) is 0.863. The lowest BCUT2D eigenvalue weighted by Gasteiger charge is -2.13. The maximum Gasteiger partial charge on any atom is 0.173 e. The van der Waals surface area contributed by atoms with Gasteiger partial charge in [0, 0.05) is 24.1 Å². The van der Waals surface area contributed by atoms with E-state index >= 15 is 0 Å². The van der Waals surface area contributed by atoms with E-state index in [4.69, 9.17) is 0 Å². The molecule has 0 aliphatic heterocycles. The Morgan fingerprint density at radius 2 is 1.78 bits per heavy atom. The van der Waals surface area contributed by atoms with Crippen LogP contribution in [0, 0.1) is 6.92 Å². The lowest BCUT2D eigenvalue weighted by atomic mass is 10.2. The van der Waals surface area contributed by atoms with Crippen molar-refractivity contribution < 1.29 is 0 Å². The number of aromatic nitrogens is 2. The molecule has 0 radical (unpaired) electrons. The first-order valence-electron chi connectivity index (χ1n) is 6.06. The summed E-state index contributed by atoms with van der Waals surface area (Å²) in [5.41, 5.74) is 2.23. The van der Waals surface area contributed by atoms with Crippen LogP contribution in [0.1, 0.15) is 19.4 Å². The van der Waals surface area contributed by atoms with Crippen molar-refractivity contribution in [2.24, 2.45) is 0 Å². The molecule has 0 fully saturated rings. The molecule has 0 atom stereocenters. The SMILES string of the molecule is Cc1cccc(Nc2nccnc2NC(C)C)c1. The summed E-state index contributed by atoms with van der Waals surface area (Å²) in [4.78, 5) is 8.62. The van der Waals surface area contributed by atoms with Crippen molar-refractivity contribution in [1.29, 1.82) is 0 Å². The minimum absolute atomic E-state index is 0.319. The molecule has 2 rings (SSSR count). The van der Waals surface area contributed by atoms with E-state index in [-0.39, 0.29) is 0 Å². The first kappa shape index (κ1) is 12.4. The number of aryl methyl sites for hydroxylation is 1. The molecule has 0 bridgehead atoms. The minimum Gasteiger partial charge on any atom is -0.365 e. The number of hydrogen-bond acceptors (Lipinski definition) is 4. The van der Waals surface area contributed by atoms with Gasteiger partial charge in [-0.05, 0) is 38.5 Å². The third kappa shape index (κ3) is 3.20. The lowest BCUT2D eigenvalue weighted by Crippen LogP contribution is -2.13. The molecule has 4 nitrogen and oxygen atoms in total. The summed E-state index contributed by atoms with van der Waals surface area (Å²) in [5.74, 6) is 1.52. The second kappa shape index (κ2) is 5.49. The fraction of sp³-hybridized carbons (Fsp3) is 0.286. The number of nitrogens with zero attached hydrogens (tertiary/aromatic N) is 2. The van der Waals surface area contributed by atoms with E-state index in [2.05, 4.69) is 53.5 Å². The molecule has 1 aromatic heterocycles. The number of nitrogens with one attached hydrogen (secondary N) is 2. The van der Waals surface area contributed by atoms with Crippen molar-refractivity contribution in [1.82, 2.24) is 9.97 Å². The molecule has 94 valence electrons. The Labute approximate surface area is 107 Å². The molecule has 0 spiro atoms. The van der Waals surface area contributed by atoms with Gasteiger partial charge in [0.2, 0.25) is 0 Å². The van der Waals surface area contributed by atoms with Crippen LogP contribution in [0.25, 0.3) is 0 Å². The number of hydrogen-bond donors (Lipinski definition) is 2. The summed E-state index contributed by atoms with van der Waals surface area (Å²) in [6, 6.07) is 8.49. The maximum absolute atomic E-state index is 4.32. The van der Waals surface area contributed by atoms with Gasteiger partial charge in [-0.15, -0.1) is 0 Å². The van der Waals surface area contributed by atoms with Gasteiger partial charge >= 0.3 is 0 Å². The van der Waals surface area contributed by atoms with Gasteiger partial charge in [-0.25, -0.2) is 9.97 Å². The molecular weight excluding hydrogens is 224 g/mol. The van der Waals surface area contributed by atoms with Crippen molar-refractivity contribution in [3.63, 3.8) is 0 Å². The van der Waals surface area contributed by atoms with Crippen molar-refractivity contribution >= 4 is 17.3 Å². The van der Waals surface area contributed by atoms with E-state index in [0.717, 1.165) is 17.3 Å². The van der Waals surface area contributed by atoms with Crippen LogP contribution in [0.5, 0.6) is 0 Å². The van der Waals surface area contributed by atoms with E-state index < -0.39 is 0 Å². The van der Waals surface area contributed by atoms with E-state index in [9.17, 15) is 0 Å². The van der Waals surface area contributed by atoms with Gasteiger partial charge in [-0.3, -0.25) is 0 Å². The first-order valence-corrected chi connectivity index (χ1v) is 6.06. The van der Waals surface area contributed by atoms with Crippen LogP contribution in [0.2, 0.25) is 0 Å². The van der Waals surface area contributed by atoms with E-state index in [1.807, 2.05) is 12.1 Å². The van der Waals surface area contributed by atoms with Crippen LogP contribution in [0.3, 0.4) is 0 Å². The van der Waals surface area contributed by atoms with Gasteiger partial charge in [0.05, 0.1) is 0 Å². The Morgan fingerprint density at radius 1 is 1.06 bits per heavy atom. The zero-order valence-corrected chi connectivity index (χ0v) is 10.9. The zero-order valence-electron chi connectivity index (χ0n) is 10.9. The molecule has 1 heterocycles. The van der Waals surface area contributed by atoms with Crippen LogP contribution in [0.4, 0.5) is 17.3 Å². The van der Waals surface area contributed by atoms with Gasteiger partial charge in [-0.1, -0.05) is 12.1 Å². The zero-order chi connectivity index (χ0) is 13.0. The molecule has 0 unspecified atom stereocenters. The standard InChI is InChI=1S/C14H18N4/c1-10(2)17-13-14(16-8-7-15-13)18-12-6-4-5-11(3)9-12/h4-10H,1-3H3,(H,15,17)(H,16,18). The normalized spacial score (nSPS) is 10.4. The molecule has 1 aromatic carbocycles. The fourth-order valence-corrected chi connectivity index (χ4v) is 1.67. The largest absolute Gasteiger partial charge is 0.365 e. The van der Waals surface area contributed by atoms with E-state index in [1.165, 1.54) is 5.56 Å². The Bertz CT molecular complexity index is 523. The van der Waals surface area contributed by atoms with Crippen LogP contribution >= 0.6 is 0 Å². The fourth-order valence-electron chi connectivity index (χ4n) is 1.67. The van der Waals surface area contributed by atoms with Crippen molar-refractivity contribution in [3.05, 3.63) is 42.2 Å². The monoisotopic (exact) mass is 242 g/mol. The van der Waals surface area contributed by atoms with Gasteiger partial charge in [0.1, 0.15) is 0 Å². The number of anilines is 3. The summed E-state index contributed by atoms with van der Waals surface area (Å²) in [6.07, 6.45) is 3.37. The smallest absolute Gasteiger partial charge is 0.173 e. The molecule has 2 aromatic rings. The molecule has 0 aliphatic rings. The van der Waals surface area contributed by atoms with Crippen LogP contribution < -0.4 is 10.6 Å². The first-order chi connectivity index (χ1) is 8.65. The van der Waals surface area contributed by atoms with Crippen molar-refractivity contribution in [2.75, 3.05) is 10.6 Å². The molecular formula is C14H18N4. The predicted molar refractivity (Wildman–Crippen MR) is 75.3 cm³/mol. The maximum atomic E-state index is 4.32. The molecule has 0 saturated heterocycles. The Morgan fingerprint density at radius 3 is 2.44 bits per heavy atom. The van der Waals surface area contributed by atoms with E-state index in [1.54, 1.807) is 12.4 Å². The van der Waals surface area contributed by atoms with Crippen LogP contribution in [-0.2, 0) is 0 Å². The van der Waals surface area contributed by atoms with Gasteiger partial charge in [0.15, 0.2) is 11.6 Å². The topological polar surface area (TPSA) is 49.8 Å². The average molecular weight is 242 g/mol. The minimum atomic E-state index is 0.319. The van der Waals surface area contributed by atoms with Crippen LogP contribution in [-0.4, -0.2) is 16.0 Å². The van der Waals surface area contributed by atoms with Gasteiger partial charge in [0.25, 0.3) is 0 Å². The van der Waals surface area contributed by atoms with Crippen molar-refractivity contribution in [3.8, 4) is 0 Å². The lowest BCUT2D eigenvalue weighted by molar-refractivity contribution is 0.887. The number of benzene rings is 1. The molecule has 18 heavy (non-hydrogen) atoms. The highest BCUT2D eigenvalue weighted by Crippen LogP contribution is 2.21. The summed E-state index contributed by atoms with van der Waals surface area (Å²) in [5, 5.41) is 6.55. The Balaban J connectivity index is 2.23. The Kier molecular flexibility index (Phi) is 3.77. The summed E-state index contributed by atoms with van der Waals surface area (Å²) < 4.78 is 0. The third-order valence-electron chi connectivity index (χ3n) is 2.40. The summed E-state index contributed by atoms with van der Waals surface area (Å²) in [6.45, 7) is 6.21.